The van der Waals surface area contributed by atoms with E-state index >= 15 is 0 Å². The van der Waals surface area contributed by atoms with Crippen LogP contribution in [0, 0.1) is 0 Å². The molecule has 13 aromatic rings. The molecule has 9 nitrogen and oxygen atoms in total. The maximum absolute atomic E-state index is 5.39. The number of hydrogen-bond donors (Lipinski definition) is 0. The van der Waals surface area contributed by atoms with E-state index in [0.29, 0.717) is 40.8 Å². The second-order valence-electron chi connectivity index (χ2n) is 16.3. The Hall–Kier alpha value is -9.12. The van der Waals surface area contributed by atoms with E-state index in [9.17, 15) is 0 Å². The molecule has 0 amide bonds. The van der Waals surface area contributed by atoms with E-state index < -0.39 is 0 Å². The molecule has 5 aromatic heterocycles. The molecule has 0 saturated heterocycles. The maximum atomic E-state index is 5.39. The molecule has 8 aromatic carbocycles. The minimum absolute atomic E-state index is 0.347. The van der Waals surface area contributed by atoms with Gasteiger partial charge in [-0.25, -0.2) is 39.9 Å². The van der Waals surface area contributed by atoms with E-state index in [4.69, 9.17) is 39.9 Å². The number of fused-ring (bicyclic) bond motifs is 6. The third-order valence-electron chi connectivity index (χ3n) is 12.2. The molecule has 0 aliphatic carbocycles. The fourth-order valence-corrected chi connectivity index (χ4v) is 10.1. The van der Waals surface area contributed by atoms with Gasteiger partial charge in [0.05, 0.1) is 32.6 Å². The van der Waals surface area contributed by atoms with Gasteiger partial charge >= 0.3 is 0 Å². The Morgan fingerprint density at radius 1 is 0.309 bits per heavy atom. The van der Waals surface area contributed by atoms with Crippen molar-refractivity contribution >= 4 is 53.4 Å². The van der Waals surface area contributed by atoms with Gasteiger partial charge in [0.25, 0.3) is 0 Å². The molecule has 68 heavy (non-hydrogen) atoms. The second kappa shape index (κ2) is 16.4. The first-order valence-corrected chi connectivity index (χ1v) is 23.1. The van der Waals surface area contributed by atoms with Gasteiger partial charge in [-0.05, 0) is 36.4 Å². The lowest BCUT2D eigenvalue weighted by Crippen LogP contribution is -2.06. The van der Waals surface area contributed by atoms with Gasteiger partial charge in [0.2, 0.25) is 5.82 Å². The molecule has 0 radical (unpaired) electrons. The Morgan fingerprint density at radius 3 is 1.31 bits per heavy atom. The summed E-state index contributed by atoms with van der Waals surface area (Å²) in [5.41, 5.74) is 9.71. The highest BCUT2D eigenvalue weighted by atomic mass is 32.1. The van der Waals surface area contributed by atoms with Crippen LogP contribution in [0.1, 0.15) is 0 Å². The summed E-state index contributed by atoms with van der Waals surface area (Å²) in [4.78, 5) is 41.8. The second-order valence-corrected chi connectivity index (χ2v) is 17.4. The molecule has 0 unspecified atom stereocenters. The van der Waals surface area contributed by atoms with E-state index in [-0.39, 0.29) is 0 Å². The predicted molar refractivity (Wildman–Crippen MR) is 274 cm³/mol. The molecule has 0 N–H and O–H groups in total. The zero-order chi connectivity index (χ0) is 45.0. The van der Waals surface area contributed by atoms with Gasteiger partial charge in [0, 0.05) is 54.2 Å². The van der Waals surface area contributed by atoms with E-state index in [2.05, 4.69) is 102 Å². The Morgan fingerprint density at radius 2 is 0.735 bits per heavy atom. The van der Waals surface area contributed by atoms with Crippen LogP contribution in [-0.4, -0.2) is 44.4 Å². The summed E-state index contributed by atoms with van der Waals surface area (Å²) in [5.74, 6) is 3.32. The van der Waals surface area contributed by atoms with Crippen molar-refractivity contribution in [1.82, 2.24) is 44.4 Å². The minimum atomic E-state index is 0.347. The van der Waals surface area contributed by atoms with Crippen molar-refractivity contribution in [2.24, 2.45) is 0 Å². The molecule has 0 atom stereocenters. The van der Waals surface area contributed by atoms with Crippen LogP contribution >= 0.6 is 11.3 Å². The third kappa shape index (κ3) is 6.86. The van der Waals surface area contributed by atoms with Crippen LogP contribution in [0.2, 0.25) is 0 Å². The summed E-state index contributed by atoms with van der Waals surface area (Å²) in [6, 6.07) is 71.9. The van der Waals surface area contributed by atoms with Crippen LogP contribution in [0.4, 0.5) is 0 Å². The van der Waals surface area contributed by atoms with Crippen molar-refractivity contribution in [1.29, 1.82) is 0 Å². The van der Waals surface area contributed by atoms with Crippen LogP contribution in [0.3, 0.4) is 0 Å². The molecule has 0 bridgehead atoms. The van der Waals surface area contributed by atoms with E-state index in [0.717, 1.165) is 86.9 Å². The number of thiophene rings is 1. The zero-order valence-corrected chi connectivity index (χ0v) is 37.0. The molecule has 10 heteroatoms. The Labute approximate surface area is 393 Å². The summed E-state index contributed by atoms with van der Waals surface area (Å²) in [5, 5.41) is 3.32. The average molecular weight is 890 g/mol. The smallest absolute Gasteiger partial charge is 0.201 e. The number of hydrogen-bond acceptors (Lipinski definition) is 9. The van der Waals surface area contributed by atoms with Crippen molar-refractivity contribution in [3.8, 4) is 85.5 Å². The first-order valence-electron chi connectivity index (χ1n) is 22.3. The van der Waals surface area contributed by atoms with Gasteiger partial charge in [0.15, 0.2) is 34.9 Å². The molecule has 13 rings (SSSR count). The average Bonchev–Trinajstić information content (AvgIpc) is 3.97. The fourth-order valence-electron chi connectivity index (χ4n) is 8.96. The molecular weight excluding hydrogens is 855 g/mol. The largest absolute Gasteiger partial charge is 0.309 e. The van der Waals surface area contributed by atoms with Crippen LogP contribution in [0.25, 0.3) is 128 Å². The first-order chi connectivity index (χ1) is 33.7. The topological polar surface area (TPSA) is 108 Å². The van der Waals surface area contributed by atoms with E-state index in [1.165, 1.54) is 0 Å². The number of benzene rings is 8. The summed E-state index contributed by atoms with van der Waals surface area (Å²) in [6.45, 7) is 0. The van der Waals surface area contributed by atoms with Gasteiger partial charge in [0.1, 0.15) is 0 Å². The molecule has 318 valence electrons. The number of para-hydroxylation sites is 2. The predicted octanol–water partition coefficient (Wildman–Crippen LogP) is 14.0. The zero-order valence-electron chi connectivity index (χ0n) is 36.1. The lowest BCUT2D eigenvalue weighted by molar-refractivity contribution is 1.03. The van der Waals surface area contributed by atoms with Crippen LogP contribution in [0.15, 0.2) is 212 Å². The van der Waals surface area contributed by atoms with Crippen LogP contribution in [0.5, 0.6) is 0 Å². The normalized spacial score (nSPS) is 11.5. The third-order valence-corrected chi connectivity index (χ3v) is 13.3. The fraction of sp³-hybridized carbons (Fsp3) is 0. The lowest BCUT2D eigenvalue weighted by Gasteiger charge is -2.16. The SMILES string of the molecule is c1ccc(-c2nc(-c3ccccc3)nc(-c3ccc(-n4c5ccccc5c5ccccc54)c(-c4nc(-c5ccccc5)nc(-c5nc(-c6ccccc6)c6sc7ccccc7c6n5)n4)c3)n2)cc1. The molecule has 0 aliphatic rings. The highest BCUT2D eigenvalue weighted by Gasteiger charge is 2.24. The molecule has 5 heterocycles. The van der Waals surface area contributed by atoms with Gasteiger partial charge in [-0.15, -0.1) is 11.3 Å². The van der Waals surface area contributed by atoms with Crippen molar-refractivity contribution in [3.05, 3.63) is 212 Å². The summed E-state index contributed by atoms with van der Waals surface area (Å²) in [7, 11) is 0. The summed E-state index contributed by atoms with van der Waals surface area (Å²) >= 11 is 1.69. The maximum Gasteiger partial charge on any atom is 0.201 e. The number of rotatable bonds is 8. The Bertz CT molecular complexity index is 3910. The van der Waals surface area contributed by atoms with Crippen LogP contribution < -0.4 is 0 Å². The molecular formula is C58H35N9S. The van der Waals surface area contributed by atoms with Gasteiger partial charge in [-0.3, -0.25) is 0 Å². The van der Waals surface area contributed by atoms with Gasteiger partial charge in [-0.2, -0.15) is 0 Å². The first kappa shape index (κ1) is 39.3. The van der Waals surface area contributed by atoms with E-state index in [1.54, 1.807) is 11.3 Å². The van der Waals surface area contributed by atoms with Crippen molar-refractivity contribution < 1.29 is 0 Å². The molecule has 0 spiro atoms. The monoisotopic (exact) mass is 889 g/mol. The summed E-state index contributed by atoms with van der Waals surface area (Å²) < 4.78 is 4.42. The van der Waals surface area contributed by atoms with Crippen molar-refractivity contribution in [2.75, 3.05) is 0 Å². The Balaban J connectivity index is 1.10. The number of nitrogens with zero attached hydrogens (tertiary/aromatic N) is 9. The molecule has 0 saturated carbocycles. The highest BCUT2D eigenvalue weighted by molar-refractivity contribution is 7.26. The minimum Gasteiger partial charge on any atom is -0.309 e. The summed E-state index contributed by atoms with van der Waals surface area (Å²) in [6.07, 6.45) is 0. The van der Waals surface area contributed by atoms with Crippen molar-refractivity contribution in [3.63, 3.8) is 0 Å². The quantitative estimate of drug-likeness (QED) is 0.148. The Kier molecular flexibility index (Phi) is 9.47. The van der Waals surface area contributed by atoms with Crippen molar-refractivity contribution in [2.45, 2.75) is 0 Å². The standard InChI is InChI=1S/C58H35N9S/c1-5-19-36(20-6-1)49-51-50(43-29-15-18-32-48(43)68-51)60-57(59-49)58-65-54(39-25-11-4-12-26-39)64-56(66-58)44-35-40(33-34-47(44)67-45-30-16-13-27-41(45)42-28-14-17-31-46(42)67)55-62-52(37-21-7-2-8-22-37)61-53(63-55)38-23-9-3-10-24-38/h1-35H. The van der Waals surface area contributed by atoms with Crippen LogP contribution in [-0.2, 0) is 0 Å². The van der Waals surface area contributed by atoms with Gasteiger partial charge < -0.3 is 4.57 Å². The molecule has 0 aliphatic heterocycles. The number of aromatic nitrogens is 9. The van der Waals surface area contributed by atoms with E-state index in [1.807, 2.05) is 115 Å². The van der Waals surface area contributed by atoms with Gasteiger partial charge in [-0.1, -0.05) is 176 Å². The highest BCUT2D eigenvalue weighted by Crippen LogP contribution is 2.41. The lowest BCUT2D eigenvalue weighted by atomic mass is 10.1. The molecule has 0 fully saturated rings.